The minimum Gasteiger partial charge on any atom is -0.496 e. The summed E-state index contributed by atoms with van der Waals surface area (Å²) >= 11 is 0. The molecule has 5 heteroatoms. The van der Waals surface area contributed by atoms with E-state index in [-0.39, 0.29) is 5.91 Å². The van der Waals surface area contributed by atoms with Crippen molar-refractivity contribution in [1.29, 1.82) is 0 Å². The Morgan fingerprint density at radius 1 is 1.18 bits per heavy atom. The number of para-hydroxylation sites is 3. The number of ether oxygens (including phenoxy) is 1. The number of nitrogens with one attached hydrogen (secondary N) is 2. The van der Waals surface area contributed by atoms with E-state index in [1.54, 1.807) is 13.2 Å². The second kappa shape index (κ2) is 6.13. The molecule has 0 saturated carbocycles. The Bertz CT molecular complexity index is 804. The van der Waals surface area contributed by atoms with Crippen molar-refractivity contribution in [2.75, 3.05) is 12.4 Å². The molecule has 0 spiro atoms. The summed E-state index contributed by atoms with van der Waals surface area (Å²) in [6.45, 7) is 0. The first-order chi connectivity index (χ1) is 10.8. The second-order valence-corrected chi connectivity index (χ2v) is 4.67. The lowest BCUT2D eigenvalue weighted by Gasteiger charge is -2.03. The summed E-state index contributed by atoms with van der Waals surface area (Å²) in [6, 6.07) is 15.1. The summed E-state index contributed by atoms with van der Waals surface area (Å²) in [6.07, 6.45) is 3.15. The van der Waals surface area contributed by atoms with Gasteiger partial charge in [-0.05, 0) is 24.3 Å². The van der Waals surface area contributed by atoms with Gasteiger partial charge in [-0.1, -0.05) is 30.3 Å². The highest BCUT2D eigenvalue weighted by Gasteiger charge is 2.04. The molecule has 0 radical (unpaired) electrons. The van der Waals surface area contributed by atoms with E-state index in [0.717, 1.165) is 22.3 Å². The summed E-state index contributed by atoms with van der Waals surface area (Å²) in [5.74, 6) is 0.885. The summed E-state index contributed by atoms with van der Waals surface area (Å²) in [4.78, 5) is 19.3. The number of rotatable bonds is 4. The first kappa shape index (κ1) is 13.9. The molecule has 5 nitrogen and oxygen atoms in total. The van der Waals surface area contributed by atoms with E-state index >= 15 is 0 Å². The quantitative estimate of drug-likeness (QED) is 0.726. The number of carbonyl (C=O) groups is 1. The van der Waals surface area contributed by atoms with Crippen molar-refractivity contribution in [1.82, 2.24) is 9.97 Å². The highest BCUT2D eigenvalue weighted by atomic mass is 16.5. The van der Waals surface area contributed by atoms with Crippen LogP contribution in [-0.4, -0.2) is 23.0 Å². The van der Waals surface area contributed by atoms with Crippen LogP contribution >= 0.6 is 0 Å². The number of imidazole rings is 1. The number of aromatic nitrogens is 2. The van der Waals surface area contributed by atoms with E-state index in [2.05, 4.69) is 15.3 Å². The largest absolute Gasteiger partial charge is 0.496 e. The average molecular weight is 293 g/mol. The number of methoxy groups -OCH3 is 1. The summed E-state index contributed by atoms with van der Waals surface area (Å²) in [5.41, 5.74) is 2.53. The van der Waals surface area contributed by atoms with Gasteiger partial charge in [0.1, 0.15) is 5.75 Å². The maximum Gasteiger partial charge on any atom is 0.250 e. The Kier molecular flexibility index (Phi) is 3.87. The zero-order valence-corrected chi connectivity index (χ0v) is 12.0. The van der Waals surface area contributed by atoms with E-state index in [4.69, 9.17) is 4.74 Å². The molecule has 3 aromatic rings. The third-order valence-corrected chi connectivity index (χ3v) is 3.18. The van der Waals surface area contributed by atoms with Crippen LogP contribution in [-0.2, 0) is 4.79 Å². The van der Waals surface area contributed by atoms with Crippen LogP contribution in [0.3, 0.4) is 0 Å². The predicted octanol–water partition coefficient (Wildman–Crippen LogP) is 3.22. The number of benzene rings is 2. The van der Waals surface area contributed by atoms with Crippen molar-refractivity contribution in [2.45, 2.75) is 0 Å². The first-order valence-electron chi connectivity index (χ1n) is 6.83. The van der Waals surface area contributed by atoms with E-state index in [1.165, 1.54) is 6.08 Å². The fraction of sp³-hybridized carbons (Fsp3) is 0.0588. The SMILES string of the molecule is COc1ccccc1C=CC(=O)Nc1nc2ccccc2[nH]1. The predicted molar refractivity (Wildman–Crippen MR) is 86.8 cm³/mol. The molecule has 2 aromatic carbocycles. The summed E-state index contributed by atoms with van der Waals surface area (Å²) in [5, 5.41) is 2.71. The zero-order chi connectivity index (χ0) is 15.4. The molecule has 0 saturated heterocycles. The van der Waals surface area contributed by atoms with Crippen molar-refractivity contribution in [3.8, 4) is 5.75 Å². The number of hydrogen-bond donors (Lipinski definition) is 2. The summed E-state index contributed by atoms with van der Waals surface area (Å²) < 4.78 is 5.23. The van der Waals surface area contributed by atoms with Crippen molar-refractivity contribution < 1.29 is 9.53 Å². The minimum absolute atomic E-state index is 0.259. The molecule has 0 aliphatic carbocycles. The minimum atomic E-state index is -0.259. The topological polar surface area (TPSA) is 67.0 Å². The maximum atomic E-state index is 12.0. The van der Waals surface area contributed by atoms with Gasteiger partial charge in [0.2, 0.25) is 5.95 Å². The van der Waals surface area contributed by atoms with E-state index in [0.29, 0.717) is 5.95 Å². The van der Waals surface area contributed by atoms with E-state index in [1.807, 2.05) is 48.5 Å². The van der Waals surface area contributed by atoms with Gasteiger partial charge in [0, 0.05) is 11.6 Å². The smallest absolute Gasteiger partial charge is 0.250 e. The second-order valence-electron chi connectivity index (χ2n) is 4.67. The van der Waals surface area contributed by atoms with Gasteiger partial charge in [-0.3, -0.25) is 10.1 Å². The molecule has 0 bridgehead atoms. The third kappa shape index (κ3) is 2.98. The van der Waals surface area contributed by atoms with Crippen molar-refractivity contribution in [3.63, 3.8) is 0 Å². The normalized spacial score (nSPS) is 11.0. The molecule has 3 rings (SSSR count). The Morgan fingerprint density at radius 2 is 1.95 bits per heavy atom. The monoisotopic (exact) mass is 293 g/mol. The molecule has 0 aliphatic rings. The van der Waals surface area contributed by atoms with Crippen LogP contribution in [0, 0.1) is 0 Å². The molecule has 0 fully saturated rings. The fourth-order valence-electron chi connectivity index (χ4n) is 2.14. The Labute approximate surface area is 127 Å². The van der Waals surface area contributed by atoms with E-state index in [9.17, 15) is 4.79 Å². The number of fused-ring (bicyclic) bond motifs is 1. The van der Waals surface area contributed by atoms with Gasteiger partial charge in [-0.2, -0.15) is 0 Å². The molecule has 0 aliphatic heterocycles. The molecular weight excluding hydrogens is 278 g/mol. The van der Waals surface area contributed by atoms with Crippen LogP contribution in [0.2, 0.25) is 0 Å². The number of carbonyl (C=O) groups excluding carboxylic acids is 1. The van der Waals surface area contributed by atoms with Crippen LogP contribution in [0.5, 0.6) is 5.75 Å². The molecule has 1 aromatic heterocycles. The number of hydrogen-bond acceptors (Lipinski definition) is 3. The van der Waals surface area contributed by atoms with Crippen LogP contribution < -0.4 is 10.1 Å². The summed E-state index contributed by atoms with van der Waals surface area (Å²) in [7, 11) is 1.60. The molecule has 22 heavy (non-hydrogen) atoms. The molecule has 110 valence electrons. The van der Waals surface area contributed by atoms with Gasteiger partial charge in [0.05, 0.1) is 18.1 Å². The van der Waals surface area contributed by atoms with Crippen LogP contribution in [0.15, 0.2) is 54.6 Å². The molecule has 1 heterocycles. The number of H-pyrrole nitrogens is 1. The lowest BCUT2D eigenvalue weighted by atomic mass is 10.2. The lowest BCUT2D eigenvalue weighted by molar-refractivity contribution is -0.111. The van der Waals surface area contributed by atoms with Gasteiger partial charge in [0.15, 0.2) is 0 Å². The average Bonchev–Trinajstić information content (AvgIpc) is 2.95. The van der Waals surface area contributed by atoms with Crippen LogP contribution in [0.1, 0.15) is 5.56 Å². The highest BCUT2D eigenvalue weighted by molar-refractivity contribution is 6.01. The van der Waals surface area contributed by atoms with Crippen LogP contribution in [0.25, 0.3) is 17.1 Å². The standard InChI is InChI=1S/C17H15N3O2/c1-22-15-9-5-2-6-12(15)10-11-16(21)20-17-18-13-7-3-4-8-14(13)19-17/h2-11H,1H3,(H2,18,19,20,21). The zero-order valence-electron chi connectivity index (χ0n) is 12.0. The number of aromatic amines is 1. The van der Waals surface area contributed by atoms with Crippen LogP contribution in [0.4, 0.5) is 5.95 Å². The molecular formula is C17H15N3O2. The first-order valence-corrected chi connectivity index (χ1v) is 6.83. The molecule has 2 N–H and O–H groups in total. The third-order valence-electron chi connectivity index (χ3n) is 3.18. The van der Waals surface area contributed by atoms with Crippen molar-refractivity contribution in [2.24, 2.45) is 0 Å². The van der Waals surface area contributed by atoms with E-state index < -0.39 is 0 Å². The van der Waals surface area contributed by atoms with Gasteiger partial charge in [-0.25, -0.2) is 4.98 Å². The molecule has 1 amide bonds. The Morgan fingerprint density at radius 3 is 2.77 bits per heavy atom. The fourth-order valence-corrected chi connectivity index (χ4v) is 2.14. The molecule has 0 unspecified atom stereocenters. The maximum absolute atomic E-state index is 12.0. The number of anilines is 1. The van der Waals surface area contributed by atoms with Crippen molar-refractivity contribution in [3.05, 3.63) is 60.2 Å². The Hall–Kier alpha value is -3.08. The van der Waals surface area contributed by atoms with Crippen molar-refractivity contribution >= 4 is 29.0 Å². The molecule has 0 atom stereocenters. The highest BCUT2D eigenvalue weighted by Crippen LogP contribution is 2.18. The Balaban J connectivity index is 1.73. The number of nitrogens with zero attached hydrogens (tertiary/aromatic N) is 1. The number of amides is 1. The van der Waals surface area contributed by atoms with Gasteiger partial charge >= 0.3 is 0 Å². The van der Waals surface area contributed by atoms with Gasteiger partial charge < -0.3 is 9.72 Å². The lowest BCUT2D eigenvalue weighted by Crippen LogP contribution is -2.08. The van der Waals surface area contributed by atoms with Gasteiger partial charge in [0.25, 0.3) is 5.91 Å². The van der Waals surface area contributed by atoms with Gasteiger partial charge in [-0.15, -0.1) is 0 Å².